The standard InChI is InChI=1S/C57H88O3/c1-44(2)22-13-23-45(3)24-14-25-46(4)26-15-27-47(5)28-16-29-48(6)30-17-31-49(7)32-18-33-50(8)34-19-35-51(9)36-20-37-52(10)38-21-39-53(11)40-41-54-42-55(58)43-56(60-12)57(54)59/h22,24,26,28,30,32,34,36,38,40,42-43,58-59H,13-21,23,25,27,29,31,33,35,37,39,41H2,1-12H3. The molecule has 334 valence electrons. The first kappa shape index (κ1) is 54.0. The van der Waals surface area contributed by atoms with Gasteiger partial charge in [0.2, 0.25) is 0 Å². The van der Waals surface area contributed by atoms with Gasteiger partial charge < -0.3 is 14.9 Å². The van der Waals surface area contributed by atoms with Gasteiger partial charge in [0.05, 0.1) is 7.11 Å². The van der Waals surface area contributed by atoms with Crippen LogP contribution >= 0.6 is 0 Å². The second-order valence-corrected chi connectivity index (χ2v) is 17.9. The van der Waals surface area contributed by atoms with E-state index < -0.39 is 0 Å². The van der Waals surface area contributed by atoms with Gasteiger partial charge in [-0.15, -0.1) is 0 Å². The summed E-state index contributed by atoms with van der Waals surface area (Å²) < 4.78 is 5.15. The van der Waals surface area contributed by atoms with Crippen LogP contribution in [-0.2, 0) is 6.42 Å². The minimum Gasteiger partial charge on any atom is -0.508 e. The number of benzene rings is 1. The molecule has 0 saturated carbocycles. The predicted molar refractivity (Wildman–Crippen MR) is 266 cm³/mol. The normalized spacial score (nSPS) is 14.3. The molecule has 0 atom stereocenters. The van der Waals surface area contributed by atoms with Crippen LogP contribution in [0.4, 0.5) is 0 Å². The average molecular weight is 821 g/mol. The van der Waals surface area contributed by atoms with Crippen LogP contribution in [-0.4, -0.2) is 17.3 Å². The molecule has 0 aromatic heterocycles. The Morgan fingerprint density at radius 3 is 0.883 bits per heavy atom. The number of ether oxygens (including phenoxy) is 1. The lowest BCUT2D eigenvalue weighted by Gasteiger charge is -2.09. The van der Waals surface area contributed by atoms with Crippen molar-refractivity contribution in [1.82, 2.24) is 0 Å². The largest absolute Gasteiger partial charge is 0.508 e. The highest BCUT2D eigenvalue weighted by Gasteiger charge is 2.09. The molecule has 0 aliphatic heterocycles. The van der Waals surface area contributed by atoms with Gasteiger partial charge in [-0.1, -0.05) is 116 Å². The molecule has 0 bridgehead atoms. The number of hydrogen-bond acceptors (Lipinski definition) is 3. The maximum atomic E-state index is 10.3. The summed E-state index contributed by atoms with van der Waals surface area (Å²) >= 11 is 0. The smallest absolute Gasteiger partial charge is 0.164 e. The summed E-state index contributed by atoms with van der Waals surface area (Å²) in [6.07, 6.45) is 44.8. The average Bonchev–Trinajstić information content (AvgIpc) is 3.17. The number of phenols is 2. The van der Waals surface area contributed by atoms with Crippen LogP contribution in [0.3, 0.4) is 0 Å². The van der Waals surface area contributed by atoms with Gasteiger partial charge in [-0.05, 0) is 204 Å². The first-order valence-corrected chi connectivity index (χ1v) is 23.2. The van der Waals surface area contributed by atoms with Crippen molar-refractivity contribution in [3.05, 3.63) is 134 Å². The number of methoxy groups -OCH3 is 1. The fraction of sp³-hybridized carbons (Fsp3) is 0.544. The summed E-state index contributed by atoms with van der Waals surface area (Å²) in [6, 6.07) is 3.02. The zero-order chi connectivity index (χ0) is 44.7. The lowest BCUT2D eigenvalue weighted by atomic mass is 10.0. The van der Waals surface area contributed by atoms with E-state index in [1.807, 2.05) is 0 Å². The van der Waals surface area contributed by atoms with E-state index in [4.69, 9.17) is 4.74 Å². The maximum Gasteiger partial charge on any atom is 0.164 e. The van der Waals surface area contributed by atoms with E-state index in [1.165, 1.54) is 88.2 Å². The Morgan fingerprint density at radius 1 is 0.383 bits per heavy atom. The molecule has 3 nitrogen and oxygen atoms in total. The van der Waals surface area contributed by atoms with Gasteiger partial charge in [0.1, 0.15) is 5.75 Å². The van der Waals surface area contributed by atoms with Gasteiger partial charge in [-0.2, -0.15) is 0 Å². The molecule has 3 heteroatoms. The number of phenolic OH excluding ortho intramolecular Hbond substituents is 2. The van der Waals surface area contributed by atoms with Crippen molar-refractivity contribution in [2.24, 2.45) is 0 Å². The molecule has 0 saturated heterocycles. The van der Waals surface area contributed by atoms with Gasteiger partial charge in [0.25, 0.3) is 0 Å². The molecular formula is C57H88O3. The van der Waals surface area contributed by atoms with Crippen molar-refractivity contribution in [3.63, 3.8) is 0 Å². The second-order valence-electron chi connectivity index (χ2n) is 17.9. The molecule has 0 aliphatic carbocycles. The van der Waals surface area contributed by atoms with Gasteiger partial charge in [0.15, 0.2) is 11.5 Å². The van der Waals surface area contributed by atoms with Crippen LogP contribution in [0.25, 0.3) is 0 Å². The Bertz CT molecular complexity index is 1720. The van der Waals surface area contributed by atoms with E-state index in [0.717, 1.165) is 96.3 Å². The second kappa shape index (κ2) is 32.7. The Labute approximate surface area is 370 Å². The summed E-state index contributed by atoms with van der Waals surface area (Å²) in [5.74, 6) is 0.497. The first-order valence-electron chi connectivity index (χ1n) is 23.2. The van der Waals surface area contributed by atoms with Gasteiger partial charge in [-0.25, -0.2) is 0 Å². The molecule has 1 aromatic rings. The van der Waals surface area contributed by atoms with E-state index in [-0.39, 0.29) is 11.5 Å². The summed E-state index contributed by atoms with van der Waals surface area (Å²) in [4.78, 5) is 0. The van der Waals surface area contributed by atoms with Crippen molar-refractivity contribution in [3.8, 4) is 17.2 Å². The maximum absolute atomic E-state index is 10.3. The van der Waals surface area contributed by atoms with Gasteiger partial charge in [-0.3, -0.25) is 0 Å². The number of hydrogen-bond donors (Lipinski definition) is 2. The summed E-state index contributed by atoms with van der Waals surface area (Å²) in [5.41, 5.74) is 15.4. The van der Waals surface area contributed by atoms with E-state index in [1.54, 1.807) is 6.07 Å². The SMILES string of the molecule is COc1cc(O)cc(CC=C(C)CCC=C(C)CCC=C(C)CCC=C(C)CCC=C(C)CCC=C(C)CCC=C(C)CCC=C(C)CCC=C(C)CCC=C(C)C)c1O. The third-order valence-electron chi connectivity index (χ3n) is 11.4. The summed E-state index contributed by atoms with van der Waals surface area (Å²) in [5, 5.41) is 20.2. The molecule has 0 unspecified atom stereocenters. The molecule has 0 spiro atoms. The predicted octanol–water partition coefficient (Wildman–Crippen LogP) is 18.2. The summed E-state index contributed by atoms with van der Waals surface area (Å²) in [6.45, 7) is 24.7. The molecule has 0 radical (unpaired) electrons. The lowest BCUT2D eigenvalue weighted by Crippen LogP contribution is -1.90. The first-order chi connectivity index (χ1) is 28.6. The molecule has 0 fully saturated rings. The Morgan fingerprint density at radius 2 is 0.633 bits per heavy atom. The fourth-order valence-electron chi connectivity index (χ4n) is 7.12. The van der Waals surface area contributed by atoms with Crippen LogP contribution in [0.5, 0.6) is 17.2 Å². The van der Waals surface area contributed by atoms with Crippen molar-refractivity contribution in [2.75, 3.05) is 7.11 Å². The molecule has 1 aromatic carbocycles. The summed E-state index contributed by atoms with van der Waals surface area (Å²) in [7, 11) is 1.49. The highest BCUT2D eigenvalue weighted by atomic mass is 16.5. The van der Waals surface area contributed by atoms with E-state index in [0.29, 0.717) is 17.7 Å². The molecule has 1 rings (SSSR count). The van der Waals surface area contributed by atoms with Gasteiger partial charge >= 0.3 is 0 Å². The van der Waals surface area contributed by atoms with Crippen molar-refractivity contribution < 1.29 is 14.9 Å². The van der Waals surface area contributed by atoms with Crippen LogP contribution in [0.2, 0.25) is 0 Å². The van der Waals surface area contributed by atoms with Gasteiger partial charge in [0, 0.05) is 11.6 Å². The van der Waals surface area contributed by atoms with Crippen LogP contribution in [0, 0.1) is 0 Å². The number of allylic oxidation sites excluding steroid dienone is 20. The Balaban J connectivity index is 2.27. The van der Waals surface area contributed by atoms with Crippen molar-refractivity contribution >= 4 is 0 Å². The zero-order valence-corrected chi connectivity index (χ0v) is 40.7. The van der Waals surface area contributed by atoms with Crippen molar-refractivity contribution in [1.29, 1.82) is 0 Å². The van der Waals surface area contributed by atoms with E-state index >= 15 is 0 Å². The molecule has 0 amide bonds. The van der Waals surface area contributed by atoms with E-state index in [2.05, 4.69) is 137 Å². The highest BCUT2D eigenvalue weighted by molar-refractivity contribution is 5.51. The topological polar surface area (TPSA) is 49.7 Å². The van der Waals surface area contributed by atoms with Crippen LogP contribution in [0.1, 0.15) is 197 Å². The quantitative estimate of drug-likeness (QED) is 0.0600. The molecule has 60 heavy (non-hydrogen) atoms. The third-order valence-corrected chi connectivity index (χ3v) is 11.4. The number of rotatable bonds is 30. The molecule has 2 N–H and O–H groups in total. The third kappa shape index (κ3) is 28.5. The number of aromatic hydroxyl groups is 2. The Kier molecular flexibility index (Phi) is 29.5. The van der Waals surface area contributed by atoms with Crippen LogP contribution < -0.4 is 4.74 Å². The molecular weight excluding hydrogens is 733 g/mol. The highest BCUT2D eigenvalue weighted by Crippen LogP contribution is 2.34. The monoisotopic (exact) mass is 821 g/mol. The lowest BCUT2D eigenvalue weighted by molar-refractivity contribution is 0.366. The Hall–Kier alpha value is -3.98. The van der Waals surface area contributed by atoms with Crippen molar-refractivity contribution in [2.45, 2.75) is 198 Å². The van der Waals surface area contributed by atoms with Crippen LogP contribution in [0.15, 0.2) is 129 Å². The minimum atomic E-state index is 0.0955. The minimum absolute atomic E-state index is 0.0955. The zero-order valence-electron chi connectivity index (χ0n) is 40.7. The molecule has 0 aliphatic rings. The molecule has 0 heterocycles. The van der Waals surface area contributed by atoms with E-state index in [9.17, 15) is 10.2 Å². The fourth-order valence-corrected chi connectivity index (χ4v) is 7.12.